The van der Waals surface area contributed by atoms with Crippen LogP contribution in [0.25, 0.3) is 0 Å². The van der Waals surface area contributed by atoms with Crippen molar-refractivity contribution in [3.8, 4) is 0 Å². The van der Waals surface area contributed by atoms with Crippen molar-refractivity contribution in [1.82, 2.24) is 20.0 Å². The van der Waals surface area contributed by atoms with E-state index < -0.39 is 0 Å². The van der Waals surface area contributed by atoms with Gasteiger partial charge in [-0.1, -0.05) is 13.8 Å². The van der Waals surface area contributed by atoms with E-state index in [4.69, 9.17) is 0 Å². The Morgan fingerprint density at radius 2 is 1.95 bits per heavy atom. The number of aromatic nitrogens is 2. The summed E-state index contributed by atoms with van der Waals surface area (Å²) in [5, 5.41) is 8.06. The lowest BCUT2D eigenvalue weighted by atomic mass is 10.0. The minimum atomic E-state index is 0.374. The molecule has 1 fully saturated rings. The molecule has 1 saturated heterocycles. The van der Waals surface area contributed by atoms with Crippen LogP contribution in [0, 0.1) is 5.92 Å². The Morgan fingerprint density at radius 1 is 1.25 bits per heavy atom. The molecule has 4 heteroatoms. The first-order valence-electron chi connectivity index (χ1n) is 8.11. The van der Waals surface area contributed by atoms with Gasteiger partial charge in [-0.2, -0.15) is 5.10 Å². The van der Waals surface area contributed by atoms with Gasteiger partial charge in [-0.3, -0.25) is 9.58 Å². The molecule has 1 aromatic heterocycles. The van der Waals surface area contributed by atoms with Crippen molar-refractivity contribution in [3.05, 3.63) is 18.0 Å². The van der Waals surface area contributed by atoms with E-state index in [1.54, 1.807) is 0 Å². The Kier molecular flexibility index (Phi) is 5.61. The molecule has 2 unspecified atom stereocenters. The Balaban J connectivity index is 1.88. The van der Waals surface area contributed by atoms with Crippen LogP contribution in [-0.4, -0.2) is 40.4 Å². The highest BCUT2D eigenvalue weighted by Crippen LogP contribution is 2.18. The molecule has 0 radical (unpaired) electrons. The first-order valence-corrected chi connectivity index (χ1v) is 8.11. The maximum atomic E-state index is 4.36. The molecule has 1 aliphatic rings. The van der Waals surface area contributed by atoms with Crippen molar-refractivity contribution in [2.45, 2.75) is 59.2 Å². The van der Waals surface area contributed by atoms with E-state index in [9.17, 15) is 0 Å². The minimum absolute atomic E-state index is 0.374. The molecule has 0 bridgehead atoms. The lowest BCUT2D eigenvalue weighted by Gasteiger charge is -2.32. The van der Waals surface area contributed by atoms with Crippen molar-refractivity contribution < 1.29 is 0 Å². The van der Waals surface area contributed by atoms with Gasteiger partial charge in [0, 0.05) is 36.9 Å². The summed E-state index contributed by atoms with van der Waals surface area (Å²) in [5.41, 5.74) is 1.29. The van der Waals surface area contributed by atoms with Crippen LogP contribution in [0.15, 0.2) is 12.4 Å². The molecule has 0 aliphatic carbocycles. The maximum Gasteiger partial charge on any atom is 0.0537 e. The highest BCUT2D eigenvalue weighted by Gasteiger charge is 2.24. The van der Waals surface area contributed by atoms with Crippen LogP contribution in [0.1, 0.15) is 52.1 Å². The van der Waals surface area contributed by atoms with Crippen LogP contribution in [0.5, 0.6) is 0 Å². The van der Waals surface area contributed by atoms with E-state index in [-0.39, 0.29) is 0 Å². The van der Waals surface area contributed by atoms with Crippen LogP contribution >= 0.6 is 0 Å². The average Bonchev–Trinajstić information content (AvgIpc) is 3.09. The first kappa shape index (κ1) is 15.5. The molecular weight excluding hydrogens is 248 g/mol. The molecule has 0 aromatic carbocycles. The van der Waals surface area contributed by atoms with Gasteiger partial charge in [0.25, 0.3) is 0 Å². The van der Waals surface area contributed by atoms with Gasteiger partial charge in [0.05, 0.1) is 6.20 Å². The summed E-state index contributed by atoms with van der Waals surface area (Å²) in [7, 11) is 0. The third-order valence-electron chi connectivity index (χ3n) is 4.49. The number of hydrogen-bond acceptors (Lipinski definition) is 3. The Morgan fingerprint density at radius 3 is 2.50 bits per heavy atom. The zero-order valence-electron chi connectivity index (χ0n) is 13.5. The fraction of sp³-hybridized carbons (Fsp3) is 0.812. The summed E-state index contributed by atoms with van der Waals surface area (Å²) >= 11 is 0. The van der Waals surface area contributed by atoms with Gasteiger partial charge >= 0.3 is 0 Å². The molecule has 0 spiro atoms. The van der Waals surface area contributed by atoms with Gasteiger partial charge in [-0.05, 0) is 45.7 Å². The van der Waals surface area contributed by atoms with Crippen LogP contribution in [0.3, 0.4) is 0 Å². The van der Waals surface area contributed by atoms with Gasteiger partial charge in [0.1, 0.15) is 0 Å². The second kappa shape index (κ2) is 7.23. The summed E-state index contributed by atoms with van der Waals surface area (Å²) in [4.78, 5) is 2.65. The Labute approximate surface area is 123 Å². The lowest BCUT2D eigenvalue weighted by molar-refractivity contribution is 0.183. The molecule has 4 nitrogen and oxygen atoms in total. The zero-order chi connectivity index (χ0) is 14.5. The van der Waals surface area contributed by atoms with Gasteiger partial charge in [-0.15, -0.1) is 0 Å². The smallest absolute Gasteiger partial charge is 0.0537 e. The van der Waals surface area contributed by atoms with Crippen LogP contribution in [0.2, 0.25) is 0 Å². The quantitative estimate of drug-likeness (QED) is 0.832. The van der Waals surface area contributed by atoms with Crippen molar-refractivity contribution in [2.24, 2.45) is 5.92 Å². The second-order valence-corrected chi connectivity index (χ2v) is 6.31. The third-order valence-corrected chi connectivity index (χ3v) is 4.49. The third kappa shape index (κ3) is 3.83. The second-order valence-electron chi connectivity index (χ2n) is 6.31. The molecule has 1 aromatic rings. The maximum absolute atomic E-state index is 4.36. The molecule has 1 aliphatic heterocycles. The topological polar surface area (TPSA) is 33.1 Å². The van der Waals surface area contributed by atoms with Crippen molar-refractivity contribution in [2.75, 3.05) is 19.6 Å². The minimum Gasteiger partial charge on any atom is -0.309 e. The van der Waals surface area contributed by atoms with E-state index in [1.807, 2.05) is 10.9 Å². The van der Waals surface area contributed by atoms with Crippen LogP contribution in [-0.2, 0) is 6.54 Å². The lowest BCUT2D eigenvalue weighted by Crippen LogP contribution is -2.44. The Bertz CT molecular complexity index is 393. The molecule has 2 heterocycles. The van der Waals surface area contributed by atoms with Crippen LogP contribution in [0.4, 0.5) is 0 Å². The van der Waals surface area contributed by atoms with Crippen molar-refractivity contribution >= 4 is 0 Å². The largest absolute Gasteiger partial charge is 0.309 e. The molecule has 1 N–H and O–H groups in total. The van der Waals surface area contributed by atoms with E-state index in [2.05, 4.69) is 49.2 Å². The van der Waals surface area contributed by atoms with Gasteiger partial charge in [0.2, 0.25) is 0 Å². The monoisotopic (exact) mass is 278 g/mol. The first-order chi connectivity index (χ1) is 9.61. The standard InChI is InChI=1S/C16H30N4/c1-5-20-12-15(10-18-20)14(4)17-11-16(13(2)3)19-8-6-7-9-19/h10,12-14,16-17H,5-9,11H2,1-4H3. The number of aryl methyl sites for hydroxylation is 1. The SMILES string of the molecule is CCn1cc(C(C)NCC(C(C)C)N2CCCC2)cn1. The predicted octanol–water partition coefficient (Wildman–Crippen LogP) is 2.67. The van der Waals surface area contributed by atoms with Gasteiger partial charge in [0.15, 0.2) is 0 Å². The number of likely N-dealkylation sites (tertiary alicyclic amines) is 1. The molecule has 2 rings (SSSR count). The molecule has 114 valence electrons. The van der Waals surface area contributed by atoms with Crippen molar-refractivity contribution in [1.29, 1.82) is 0 Å². The summed E-state index contributed by atoms with van der Waals surface area (Å²) in [5.74, 6) is 0.700. The van der Waals surface area contributed by atoms with E-state index in [1.165, 1.54) is 31.5 Å². The fourth-order valence-electron chi connectivity index (χ4n) is 3.05. The summed E-state index contributed by atoms with van der Waals surface area (Å²) in [6.07, 6.45) is 6.86. The molecule has 20 heavy (non-hydrogen) atoms. The van der Waals surface area contributed by atoms with E-state index >= 15 is 0 Å². The Hall–Kier alpha value is -0.870. The number of nitrogens with zero attached hydrogens (tertiary/aromatic N) is 3. The van der Waals surface area contributed by atoms with Gasteiger partial charge in [-0.25, -0.2) is 0 Å². The molecule has 0 amide bonds. The molecule has 0 saturated carbocycles. The van der Waals surface area contributed by atoms with Crippen LogP contribution < -0.4 is 5.32 Å². The highest BCUT2D eigenvalue weighted by atomic mass is 15.3. The number of nitrogens with one attached hydrogen (secondary N) is 1. The number of rotatable bonds is 7. The fourth-order valence-corrected chi connectivity index (χ4v) is 3.05. The summed E-state index contributed by atoms with van der Waals surface area (Å²) < 4.78 is 1.99. The highest BCUT2D eigenvalue weighted by molar-refractivity contribution is 5.09. The normalized spacial score (nSPS) is 19.6. The number of hydrogen-bond donors (Lipinski definition) is 1. The predicted molar refractivity (Wildman–Crippen MR) is 83.8 cm³/mol. The zero-order valence-corrected chi connectivity index (χ0v) is 13.5. The van der Waals surface area contributed by atoms with E-state index in [0.29, 0.717) is 18.0 Å². The van der Waals surface area contributed by atoms with E-state index in [0.717, 1.165) is 13.1 Å². The average molecular weight is 278 g/mol. The summed E-state index contributed by atoms with van der Waals surface area (Å²) in [6, 6.07) is 1.03. The van der Waals surface area contributed by atoms with Gasteiger partial charge < -0.3 is 5.32 Å². The molecule has 2 atom stereocenters. The summed E-state index contributed by atoms with van der Waals surface area (Å²) in [6.45, 7) is 13.6. The molecular formula is C16H30N4. The van der Waals surface area contributed by atoms with Crippen molar-refractivity contribution in [3.63, 3.8) is 0 Å².